The molecule has 0 aliphatic heterocycles. The highest BCUT2D eigenvalue weighted by Crippen LogP contribution is 2.14. The number of carbonyl (C=O) groups excluding carboxylic acids is 1. The molecule has 0 heterocycles. The third-order valence-corrected chi connectivity index (χ3v) is 2.98. The highest BCUT2D eigenvalue weighted by Gasteiger charge is 2.14. The summed E-state index contributed by atoms with van der Waals surface area (Å²) in [6.07, 6.45) is 3.12. The van der Waals surface area contributed by atoms with Crippen LogP contribution in [-0.2, 0) is 4.79 Å². The maximum atomic E-state index is 12.3. The van der Waals surface area contributed by atoms with Crippen molar-refractivity contribution in [2.45, 2.75) is 27.7 Å². The van der Waals surface area contributed by atoms with Gasteiger partial charge in [-0.25, -0.2) is 0 Å². The third-order valence-electron chi connectivity index (χ3n) is 2.98. The first-order valence-corrected chi connectivity index (χ1v) is 7.51. The summed E-state index contributed by atoms with van der Waals surface area (Å²) < 4.78 is 0. The lowest BCUT2D eigenvalue weighted by Crippen LogP contribution is -2.35. The quantitative estimate of drug-likeness (QED) is 0.438. The Labute approximate surface area is 131 Å². The molecule has 0 aliphatic carbocycles. The number of amides is 1. The normalized spacial score (nSPS) is 11.4. The molecule has 0 saturated heterocycles. The number of nitro benzene ring substituents is 1. The van der Waals surface area contributed by atoms with Crippen molar-refractivity contribution < 1.29 is 9.72 Å². The van der Waals surface area contributed by atoms with Crippen LogP contribution in [0, 0.1) is 22.0 Å². The fourth-order valence-corrected chi connectivity index (χ4v) is 2.15. The standard InChI is InChI=1S/C17H24N2O3/c1-13(2)11-18(12-14(3)4)17(20)9-8-15-6-5-7-16(10-15)19(21)22/h5-10,13-14H,11-12H2,1-4H3. The lowest BCUT2D eigenvalue weighted by Gasteiger charge is -2.25. The molecule has 120 valence electrons. The van der Waals surface area contributed by atoms with Crippen molar-refractivity contribution in [3.05, 3.63) is 46.0 Å². The van der Waals surface area contributed by atoms with Crippen LogP contribution < -0.4 is 0 Å². The smallest absolute Gasteiger partial charge is 0.270 e. The molecular formula is C17H24N2O3. The van der Waals surface area contributed by atoms with Gasteiger partial charge in [0.05, 0.1) is 4.92 Å². The molecule has 5 heteroatoms. The van der Waals surface area contributed by atoms with Crippen molar-refractivity contribution >= 4 is 17.7 Å². The van der Waals surface area contributed by atoms with Gasteiger partial charge in [0.2, 0.25) is 5.91 Å². The molecule has 22 heavy (non-hydrogen) atoms. The van der Waals surface area contributed by atoms with E-state index in [-0.39, 0.29) is 11.6 Å². The molecular weight excluding hydrogens is 280 g/mol. The molecule has 0 spiro atoms. The van der Waals surface area contributed by atoms with Gasteiger partial charge in [0.25, 0.3) is 5.69 Å². The molecule has 0 bridgehead atoms. The number of carbonyl (C=O) groups is 1. The highest BCUT2D eigenvalue weighted by molar-refractivity contribution is 5.91. The molecule has 1 aromatic rings. The molecule has 0 radical (unpaired) electrons. The Bertz CT molecular complexity index is 541. The van der Waals surface area contributed by atoms with E-state index in [1.807, 2.05) is 4.90 Å². The highest BCUT2D eigenvalue weighted by atomic mass is 16.6. The molecule has 1 amide bonds. The fraction of sp³-hybridized carbons (Fsp3) is 0.471. The van der Waals surface area contributed by atoms with Crippen LogP contribution in [0.25, 0.3) is 6.08 Å². The second-order valence-corrected chi connectivity index (χ2v) is 6.22. The monoisotopic (exact) mass is 304 g/mol. The molecule has 0 atom stereocenters. The predicted molar refractivity (Wildman–Crippen MR) is 88.4 cm³/mol. The minimum absolute atomic E-state index is 0.0239. The first-order chi connectivity index (χ1) is 10.3. The van der Waals surface area contributed by atoms with Crippen molar-refractivity contribution in [3.63, 3.8) is 0 Å². The van der Waals surface area contributed by atoms with Crippen LogP contribution in [0.1, 0.15) is 33.3 Å². The van der Waals surface area contributed by atoms with Crippen LogP contribution in [0.15, 0.2) is 30.3 Å². The van der Waals surface area contributed by atoms with Gasteiger partial charge in [-0.3, -0.25) is 14.9 Å². The average molecular weight is 304 g/mol. The van der Waals surface area contributed by atoms with Gasteiger partial charge in [-0.15, -0.1) is 0 Å². The zero-order chi connectivity index (χ0) is 16.7. The average Bonchev–Trinajstić information content (AvgIpc) is 2.43. The summed E-state index contributed by atoms with van der Waals surface area (Å²) >= 11 is 0. The van der Waals surface area contributed by atoms with E-state index < -0.39 is 4.92 Å². The van der Waals surface area contributed by atoms with E-state index in [0.29, 0.717) is 30.5 Å². The summed E-state index contributed by atoms with van der Waals surface area (Å²) in [5, 5.41) is 10.7. The zero-order valence-corrected chi connectivity index (χ0v) is 13.7. The molecule has 0 unspecified atom stereocenters. The van der Waals surface area contributed by atoms with Gasteiger partial charge in [0.1, 0.15) is 0 Å². The number of nitrogens with zero attached hydrogens (tertiary/aromatic N) is 2. The minimum atomic E-state index is -0.441. The number of rotatable bonds is 7. The maximum Gasteiger partial charge on any atom is 0.270 e. The van der Waals surface area contributed by atoms with E-state index in [2.05, 4.69) is 27.7 Å². The zero-order valence-electron chi connectivity index (χ0n) is 13.7. The Morgan fingerprint density at radius 2 is 1.82 bits per heavy atom. The molecule has 5 nitrogen and oxygen atoms in total. The number of benzene rings is 1. The van der Waals surface area contributed by atoms with Crippen LogP contribution in [0.4, 0.5) is 5.69 Å². The van der Waals surface area contributed by atoms with E-state index in [1.54, 1.807) is 18.2 Å². The van der Waals surface area contributed by atoms with Crippen molar-refractivity contribution in [1.82, 2.24) is 4.90 Å². The number of nitro groups is 1. The van der Waals surface area contributed by atoms with Gasteiger partial charge in [-0.1, -0.05) is 39.8 Å². The SMILES string of the molecule is CC(C)CN(CC(C)C)C(=O)C=Cc1cccc([N+](=O)[O-])c1. The number of hydrogen-bond acceptors (Lipinski definition) is 3. The van der Waals surface area contributed by atoms with E-state index in [4.69, 9.17) is 0 Å². The number of non-ortho nitro benzene ring substituents is 1. The third kappa shape index (κ3) is 6.08. The first-order valence-electron chi connectivity index (χ1n) is 7.51. The van der Waals surface area contributed by atoms with Crippen LogP contribution in [0.2, 0.25) is 0 Å². The van der Waals surface area contributed by atoms with E-state index in [0.717, 1.165) is 0 Å². The van der Waals surface area contributed by atoms with Crippen LogP contribution in [0.5, 0.6) is 0 Å². The van der Waals surface area contributed by atoms with Crippen molar-refractivity contribution in [1.29, 1.82) is 0 Å². The van der Waals surface area contributed by atoms with E-state index in [1.165, 1.54) is 18.2 Å². The second kappa shape index (κ2) is 8.32. The summed E-state index contributed by atoms with van der Waals surface area (Å²) in [6, 6.07) is 6.25. The van der Waals surface area contributed by atoms with Crippen LogP contribution >= 0.6 is 0 Å². The fourth-order valence-electron chi connectivity index (χ4n) is 2.15. The summed E-state index contributed by atoms with van der Waals surface area (Å²) in [6.45, 7) is 9.71. The van der Waals surface area contributed by atoms with Gasteiger partial charge in [-0.05, 0) is 23.5 Å². The van der Waals surface area contributed by atoms with E-state index >= 15 is 0 Å². The van der Waals surface area contributed by atoms with Crippen molar-refractivity contribution in [3.8, 4) is 0 Å². The second-order valence-electron chi connectivity index (χ2n) is 6.22. The van der Waals surface area contributed by atoms with Crippen molar-refractivity contribution in [2.24, 2.45) is 11.8 Å². The molecule has 1 aromatic carbocycles. The minimum Gasteiger partial charge on any atom is -0.339 e. The molecule has 0 aromatic heterocycles. The topological polar surface area (TPSA) is 63.5 Å². The molecule has 0 saturated carbocycles. The Kier molecular flexibility index (Phi) is 6.76. The maximum absolute atomic E-state index is 12.3. The van der Waals surface area contributed by atoms with Crippen molar-refractivity contribution in [2.75, 3.05) is 13.1 Å². The first kappa shape index (κ1) is 17.9. The lowest BCUT2D eigenvalue weighted by atomic mass is 10.1. The Morgan fingerprint density at radius 3 is 2.32 bits per heavy atom. The Balaban J connectivity index is 2.83. The molecule has 0 fully saturated rings. The van der Waals surface area contributed by atoms with Crippen LogP contribution in [-0.4, -0.2) is 28.8 Å². The van der Waals surface area contributed by atoms with E-state index in [9.17, 15) is 14.9 Å². The van der Waals surface area contributed by atoms with Gasteiger partial charge < -0.3 is 4.90 Å². The summed E-state index contributed by atoms with van der Waals surface area (Å²) in [5.41, 5.74) is 0.674. The largest absolute Gasteiger partial charge is 0.339 e. The predicted octanol–water partition coefficient (Wildman–Crippen LogP) is 3.75. The molecule has 0 aliphatic rings. The summed E-state index contributed by atoms with van der Waals surface area (Å²) in [4.78, 5) is 24.4. The number of hydrogen-bond donors (Lipinski definition) is 0. The Morgan fingerprint density at radius 1 is 1.23 bits per heavy atom. The summed E-state index contributed by atoms with van der Waals surface area (Å²) in [7, 11) is 0. The Hall–Kier alpha value is -2.17. The molecule has 0 N–H and O–H groups in total. The van der Waals surface area contributed by atoms with Gasteiger partial charge in [0, 0.05) is 31.3 Å². The van der Waals surface area contributed by atoms with Crippen LogP contribution in [0.3, 0.4) is 0 Å². The van der Waals surface area contributed by atoms with Gasteiger partial charge in [0.15, 0.2) is 0 Å². The molecule has 1 rings (SSSR count). The van der Waals surface area contributed by atoms with Gasteiger partial charge in [-0.2, -0.15) is 0 Å². The van der Waals surface area contributed by atoms with Gasteiger partial charge >= 0.3 is 0 Å². The summed E-state index contributed by atoms with van der Waals surface area (Å²) in [5.74, 6) is 0.733. The lowest BCUT2D eigenvalue weighted by molar-refractivity contribution is -0.384.